The number of nitrogens with zero attached hydrogens (tertiary/aromatic N) is 2. The first-order valence-corrected chi connectivity index (χ1v) is 10.8. The number of hydrogen-bond donors (Lipinski definition) is 0. The SMILES string of the molecule is CC(C)(C)C(=O)[C@@H]1[C@@H]2C(=O)N(C(C)(C)C)C(=O)[C@H]2[C@@H]2C=Cc3cc(Br)ccc3N12. The summed E-state index contributed by atoms with van der Waals surface area (Å²) in [6.07, 6.45) is 3.99. The van der Waals surface area contributed by atoms with E-state index in [4.69, 9.17) is 0 Å². The van der Waals surface area contributed by atoms with Gasteiger partial charge in [0.2, 0.25) is 11.8 Å². The second-order valence-electron chi connectivity index (χ2n) is 10.3. The second-order valence-corrected chi connectivity index (χ2v) is 11.2. The standard InChI is InChI=1S/C23H27BrN2O3/c1-22(2,3)19(27)18-17-16(20(28)26(21(17)29)23(4,5)6)15-9-7-12-11-13(24)8-10-14(12)25(15)18/h7-11,15-18H,1-6H3/t15-,16-,17+,18-/m0/s1. The fourth-order valence-electron chi connectivity index (χ4n) is 4.95. The predicted octanol–water partition coefficient (Wildman–Crippen LogP) is 4.05. The molecule has 0 radical (unpaired) electrons. The van der Waals surface area contributed by atoms with Crippen molar-refractivity contribution in [2.75, 3.05) is 4.90 Å². The van der Waals surface area contributed by atoms with Crippen LogP contribution in [0.5, 0.6) is 0 Å². The molecule has 6 heteroatoms. The molecule has 154 valence electrons. The van der Waals surface area contributed by atoms with Crippen LogP contribution in [-0.4, -0.2) is 40.1 Å². The van der Waals surface area contributed by atoms with E-state index in [0.717, 1.165) is 15.7 Å². The van der Waals surface area contributed by atoms with Gasteiger partial charge in [-0.1, -0.05) is 48.9 Å². The summed E-state index contributed by atoms with van der Waals surface area (Å²) in [6.45, 7) is 11.2. The quantitative estimate of drug-likeness (QED) is 0.595. The van der Waals surface area contributed by atoms with Crippen molar-refractivity contribution >= 4 is 45.3 Å². The maximum Gasteiger partial charge on any atom is 0.236 e. The number of likely N-dealkylation sites (tertiary alicyclic amines) is 1. The van der Waals surface area contributed by atoms with Crippen LogP contribution in [0.1, 0.15) is 47.1 Å². The summed E-state index contributed by atoms with van der Waals surface area (Å²) in [5.41, 5.74) is 0.648. The molecule has 0 unspecified atom stereocenters. The van der Waals surface area contributed by atoms with Crippen LogP contribution in [-0.2, 0) is 14.4 Å². The first kappa shape index (κ1) is 20.3. The molecule has 2 saturated heterocycles. The number of benzene rings is 1. The number of imide groups is 1. The van der Waals surface area contributed by atoms with Crippen molar-refractivity contribution in [3.63, 3.8) is 0 Å². The van der Waals surface area contributed by atoms with Gasteiger partial charge in [-0.05, 0) is 44.5 Å². The molecule has 0 N–H and O–H groups in total. The summed E-state index contributed by atoms with van der Waals surface area (Å²) in [7, 11) is 0. The first-order chi connectivity index (χ1) is 13.3. The molecule has 0 aromatic heterocycles. The van der Waals surface area contributed by atoms with E-state index in [-0.39, 0.29) is 23.6 Å². The molecular weight excluding hydrogens is 432 g/mol. The normalized spacial score (nSPS) is 28.5. The van der Waals surface area contributed by atoms with Gasteiger partial charge < -0.3 is 4.90 Å². The Kier molecular flexibility index (Phi) is 4.40. The number of carbonyl (C=O) groups is 3. The Balaban J connectivity index is 1.90. The molecule has 4 atom stereocenters. The van der Waals surface area contributed by atoms with Crippen molar-refractivity contribution in [3.05, 3.63) is 34.3 Å². The summed E-state index contributed by atoms with van der Waals surface area (Å²) in [5, 5.41) is 0. The van der Waals surface area contributed by atoms with Gasteiger partial charge in [0.05, 0.1) is 17.9 Å². The lowest BCUT2D eigenvalue weighted by atomic mass is 9.79. The van der Waals surface area contributed by atoms with Crippen molar-refractivity contribution in [3.8, 4) is 0 Å². The number of rotatable bonds is 1. The minimum absolute atomic E-state index is 0.00363. The molecule has 1 aromatic rings. The molecule has 3 aliphatic heterocycles. The third-order valence-electron chi connectivity index (χ3n) is 6.15. The average molecular weight is 459 g/mol. The van der Waals surface area contributed by atoms with Gasteiger partial charge in [0.1, 0.15) is 6.04 Å². The first-order valence-electron chi connectivity index (χ1n) is 10.0. The molecule has 3 aliphatic rings. The summed E-state index contributed by atoms with van der Waals surface area (Å²) in [4.78, 5) is 43.9. The van der Waals surface area contributed by atoms with Gasteiger partial charge in [-0.2, -0.15) is 0 Å². The largest absolute Gasteiger partial charge is 0.353 e. The maximum absolute atomic E-state index is 13.6. The number of halogens is 1. The van der Waals surface area contributed by atoms with Crippen LogP contribution < -0.4 is 4.90 Å². The summed E-state index contributed by atoms with van der Waals surface area (Å²) >= 11 is 3.50. The average Bonchev–Trinajstić information content (AvgIpc) is 3.06. The zero-order valence-corrected chi connectivity index (χ0v) is 19.3. The second kappa shape index (κ2) is 6.27. The van der Waals surface area contributed by atoms with E-state index in [1.807, 2.05) is 76.8 Å². The van der Waals surface area contributed by atoms with Gasteiger partial charge in [0.15, 0.2) is 5.78 Å². The molecule has 3 heterocycles. The highest BCUT2D eigenvalue weighted by molar-refractivity contribution is 9.10. The van der Waals surface area contributed by atoms with E-state index in [9.17, 15) is 14.4 Å². The Morgan fingerprint density at radius 2 is 1.62 bits per heavy atom. The van der Waals surface area contributed by atoms with E-state index in [1.165, 1.54) is 4.90 Å². The topological polar surface area (TPSA) is 57.7 Å². The van der Waals surface area contributed by atoms with Gasteiger partial charge >= 0.3 is 0 Å². The smallest absolute Gasteiger partial charge is 0.236 e. The van der Waals surface area contributed by atoms with Gasteiger partial charge in [0.25, 0.3) is 0 Å². The van der Waals surface area contributed by atoms with Crippen LogP contribution in [0.3, 0.4) is 0 Å². The third-order valence-corrected chi connectivity index (χ3v) is 6.64. The lowest BCUT2D eigenvalue weighted by molar-refractivity contribution is -0.146. The highest BCUT2D eigenvalue weighted by Gasteiger charge is 2.65. The Labute approximate surface area is 180 Å². The van der Waals surface area contributed by atoms with Crippen LogP contribution in [0.25, 0.3) is 6.08 Å². The number of ketones is 1. The molecular formula is C23H27BrN2O3. The van der Waals surface area contributed by atoms with E-state index in [0.29, 0.717) is 0 Å². The zero-order chi connectivity index (χ0) is 21.5. The predicted molar refractivity (Wildman–Crippen MR) is 116 cm³/mol. The molecule has 2 amide bonds. The third kappa shape index (κ3) is 2.90. The number of carbonyl (C=O) groups excluding carboxylic acids is 3. The van der Waals surface area contributed by atoms with Crippen LogP contribution in [0.2, 0.25) is 0 Å². The van der Waals surface area contributed by atoms with Crippen molar-refractivity contribution in [1.82, 2.24) is 4.90 Å². The summed E-state index contributed by atoms with van der Waals surface area (Å²) in [6, 6.07) is 4.95. The van der Waals surface area contributed by atoms with E-state index >= 15 is 0 Å². The van der Waals surface area contributed by atoms with Crippen LogP contribution in [0, 0.1) is 17.3 Å². The van der Waals surface area contributed by atoms with E-state index in [2.05, 4.69) is 15.9 Å². The van der Waals surface area contributed by atoms with Gasteiger partial charge in [-0.15, -0.1) is 0 Å². The van der Waals surface area contributed by atoms with Crippen molar-refractivity contribution in [2.45, 2.75) is 59.2 Å². The molecule has 1 aromatic carbocycles. The van der Waals surface area contributed by atoms with Gasteiger partial charge in [0, 0.05) is 21.1 Å². The highest BCUT2D eigenvalue weighted by Crippen LogP contribution is 2.51. The molecule has 2 fully saturated rings. The van der Waals surface area contributed by atoms with Gasteiger partial charge in [-0.3, -0.25) is 19.3 Å². The lowest BCUT2D eigenvalue weighted by Gasteiger charge is -2.40. The minimum Gasteiger partial charge on any atom is -0.353 e. The van der Waals surface area contributed by atoms with Crippen LogP contribution in [0.4, 0.5) is 5.69 Å². The fraction of sp³-hybridized carbons (Fsp3) is 0.522. The summed E-state index contributed by atoms with van der Waals surface area (Å²) < 4.78 is 0.948. The lowest BCUT2D eigenvalue weighted by Crippen LogP contribution is -2.54. The number of fused-ring (bicyclic) bond motifs is 5. The van der Waals surface area contributed by atoms with Crippen LogP contribution in [0.15, 0.2) is 28.7 Å². The Morgan fingerprint density at radius 1 is 1.00 bits per heavy atom. The van der Waals surface area contributed by atoms with E-state index in [1.54, 1.807) is 0 Å². The Hall–Kier alpha value is -1.95. The molecule has 0 spiro atoms. The maximum atomic E-state index is 13.6. The van der Waals surface area contributed by atoms with Gasteiger partial charge in [-0.25, -0.2) is 0 Å². The number of Topliss-reactive ketones (excluding diaryl/α,β-unsaturated/α-hetero) is 1. The van der Waals surface area contributed by atoms with Crippen molar-refractivity contribution in [2.24, 2.45) is 17.3 Å². The zero-order valence-electron chi connectivity index (χ0n) is 17.7. The van der Waals surface area contributed by atoms with Crippen molar-refractivity contribution < 1.29 is 14.4 Å². The number of anilines is 1. The number of hydrogen-bond acceptors (Lipinski definition) is 4. The van der Waals surface area contributed by atoms with Crippen molar-refractivity contribution in [1.29, 1.82) is 0 Å². The highest BCUT2D eigenvalue weighted by atomic mass is 79.9. The molecule has 29 heavy (non-hydrogen) atoms. The fourth-order valence-corrected chi connectivity index (χ4v) is 5.33. The molecule has 0 aliphatic carbocycles. The monoisotopic (exact) mass is 458 g/mol. The number of amides is 2. The Bertz CT molecular complexity index is 954. The minimum atomic E-state index is -0.655. The molecule has 0 bridgehead atoms. The molecule has 4 rings (SSSR count). The van der Waals surface area contributed by atoms with E-state index < -0.39 is 28.8 Å². The molecule has 5 nitrogen and oxygen atoms in total. The summed E-state index contributed by atoms with van der Waals surface area (Å²) in [5.74, 6) is -1.59. The molecule has 0 saturated carbocycles. The van der Waals surface area contributed by atoms with Crippen LogP contribution >= 0.6 is 15.9 Å². The Morgan fingerprint density at radius 3 is 2.21 bits per heavy atom.